The molecule has 0 amide bonds. The van der Waals surface area contributed by atoms with Gasteiger partial charge in [-0.1, -0.05) is 125 Å². The number of para-hydroxylation sites is 1. The molecule has 4 fully saturated rings. The molecule has 0 radical (unpaired) electrons. The SMILES string of the molecule is CC1(C)CCC(C)(C)c2cc(N(c3ccc(-c4ccccc4)cc3)c3cc4c(c(-c5ccccc5)c3)C3(c5ccccc5O4)C4CC5CC(C4)CC3C5)ccc21. The van der Waals surface area contributed by atoms with E-state index < -0.39 is 0 Å². The molecular formula is C54H53NO. The van der Waals surface area contributed by atoms with Crippen molar-refractivity contribution < 1.29 is 4.74 Å². The van der Waals surface area contributed by atoms with Crippen molar-refractivity contribution in [1.82, 2.24) is 0 Å². The number of rotatable bonds is 5. The van der Waals surface area contributed by atoms with Gasteiger partial charge in [-0.2, -0.15) is 0 Å². The number of benzene rings is 6. The maximum atomic E-state index is 7.23. The highest BCUT2D eigenvalue weighted by atomic mass is 16.5. The Morgan fingerprint density at radius 1 is 0.464 bits per heavy atom. The third-order valence-electron chi connectivity index (χ3n) is 15.1. The summed E-state index contributed by atoms with van der Waals surface area (Å²) in [6, 6.07) is 52.5. The first-order valence-electron chi connectivity index (χ1n) is 21.3. The Balaban J connectivity index is 1.16. The summed E-state index contributed by atoms with van der Waals surface area (Å²) in [7, 11) is 0. The molecule has 0 N–H and O–H groups in total. The standard InChI is InChI=1S/C54H53NO/c1-52(2)25-26-53(3,4)48-33-43(23-24-46(48)52)55(42-21-19-38(20-22-42)37-13-7-5-8-14-37)44-32-45(39-15-9-6-10-16-39)51-50(34-44)56-49-18-12-11-17-47(49)54(51)40-28-35-27-36(30-40)31-41(54)29-35/h5-24,32-36,40-41H,25-31H2,1-4H3. The lowest BCUT2D eigenvalue weighted by molar-refractivity contribution is -0.0449. The van der Waals surface area contributed by atoms with Gasteiger partial charge in [-0.3, -0.25) is 0 Å². The Kier molecular flexibility index (Phi) is 7.61. The predicted octanol–water partition coefficient (Wildman–Crippen LogP) is 14.7. The number of anilines is 3. The smallest absolute Gasteiger partial charge is 0.134 e. The van der Waals surface area contributed by atoms with E-state index in [1.165, 1.54) is 95.1 Å². The molecule has 2 heteroatoms. The van der Waals surface area contributed by atoms with Crippen LogP contribution in [0.4, 0.5) is 17.1 Å². The van der Waals surface area contributed by atoms with E-state index >= 15 is 0 Å². The van der Waals surface area contributed by atoms with E-state index in [-0.39, 0.29) is 16.2 Å². The van der Waals surface area contributed by atoms with Crippen LogP contribution in [0.1, 0.15) is 94.9 Å². The van der Waals surface area contributed by atoms with E-state index in [9.17, 15) is 0 Å². The third-order valence-corrected chi connectivity index (χ3v) is 15.1. The maximum Gasteiger partial charge on any atom is 0.134 e. The molecule has 0 aromatic heterocycles. The van der Waals surface area contributed by atoms with Crippen molar-refractivity contribution in [3.05, 3.63) is 162 Å². The average Bonchev–Trinajstić information content (AvgIpc) is 3.21. The average molecular weight is 732 g/mol. The van der Waals surface area contributed by atoms with Gasteiger partial charge in [-0.25, -0.2) is 0 Å². The fourth-order valence-corrected chi connectivity index (χ4v) is 12.6. The van der Waals surface area contributed by atoms with Crippen LogP contribution in [-0.2, 0) is 16.2 Å². The summed E-state index contributed by atoms with van der Waals surface area (Å²) in [5.41, 5.74) is 14.5. The van der Waals surface area contributed by atoms with E-state index in [0.717, 1.165) is 34.7 Å². The lowest BCUT2D eigenvalue weighted by atomic mass is 9.41. The molecule has 5 aliphatic carbocycles. The van der Waals surface area contributed by atoms with Gasteiger partial charge >= 0.3 is 0 Å². The molecule has 1 aliphatic heterocycles. The minimum absolute atomic E-state index is 0.0507. The summed E-state index contributed by atoms with van der Waals surface area (Å²) in [6.45, 7) is 9.72. The zero-order valence-electron chi connectivity index (χ0n) is 33.4. The number of nitrogens with zero attached hydrogens (tertiary/aromatic N) is 1. The van der Waals surface area contributed by atoms with Gasteiger partial charge < -0.3 is 9.64 Å². The van der Waals surface area contributed by atoms with E-state index in [4.69, 9.17) is 4.74 Å². The van der Waals surface area contributed by atoms with Crippen molar-refractivity contribution >= 4 is 17.1 Å². The van der Waals surface area contributed by atoms with Crippen molar-refractivity contribution in [2.24, 2.45) is 23.7 Å². The largest absolute Gasteiger partial charge is 0.457 e. The molecule has 2 nitrogen and oxygen atoms in total. The third kappa shape index (κ3) is 5.13. The fourth-order valence-electron chi connectivity index (χ4n) is 12.6. The molecule has 4 bridgehead atoms. The zero-order valence-corrected chi connectivity index (χ0v) is 33.4. The van der Waals surface area contributed by atoms with Crippen LogP contribution in [0.15, 0.2) is 140 Å². The van der Waals surface area contributed by atoms with Gasteiger partial charge in [-0.05, 0) is 149 Å². The number of hydrogen-bond donors (Lipinski definition) is 0. The van der Waals surface area contributed by atoms with Gasteiger partial charge in [0.05, 0.1) is 5.69 Å². The van der Waals surface area contributed by atoms with Crippen LogP contribution < -0.4 is 9.64 Å². The molecule has 56 heavy (non-hydrogen) atoms. The molecule has 6 aromatic carbocycles. The lowest BCUT2D eigenvalue weighted by Gasteiger charge is -2.63. The van der Waals surface area contributed by atoms with Crippen molar-refractivity contribution in [3.8, 4) is 33.8 Å². The van der Waals surface area contributed by atoms with Crippen LogP contribution in [-0.4, -0.2) is 0 Å². The predicted molar refractivity (Wildman–Crippen MR) is 232 cm³/mol. The normalized spacial score (nSPS) is 25.9. The molecule has 0 saturated heterocycles. The lowest BCUT2D eigenvalue weighted by Crippen LogP contribution is -2.57. The molecule has 6 aromatic rings. The van der Waals surface area contributed by atoms with Gasteiger partial charge in [0.15, 0.2) is 0 Å². The second-order valence-electron chi connectivity index (χ2n) is 19.3. The van der Waals surface area contributed by atoms with Crippen LogP contribution in [0.5, 0.6) is 11.5 Å². The summed E-state index contributed by atoms with van der Waals surface area (Å²) >= 11 is 0. The van der Waals surface area contributed by atoms with Gasteiger partial charge in [0, 0.05) is 34.0 Å². The van der Waals surface area contributed by atoms with Crippen LogP contribution in [0.3, 0.4) is 0 Å². The van der Waals surface area contributed by atoms with Crippen molar-refractivity contribution in [3.63, 3.8) is 0 Å². The van der Waals surface area contributed by atoms with Gasteiger partial charge in [0.1, 0.15) is 11.5 Å². The van der Waals surface area contributed by atoms with E-state index in [0.29, 0.717) is 11.8 Å². The topological polar surface area (TPSA) is 12.5 Å². The van der Waals surface area contributed by atoms with Crippen molar-refractivity contribution in [1.29, 1.82) is 0 Å². The Morgan fingerprint density at radius 2 is 1.04 bits per heavy atom. The molecule has 0 unspecified atom stereocenters. The number of ether oxygens (including phenoxy) is 1. The number of hydrogen-bond acceptors (Lipinski definition) is 2. The van der Waals surface area contributed by atoms with Crippen LogP contribution >= 0.6 is 0 Å². The molecular weight excluding hydrogens is 679 g/mol. The molecule has 12 rings (SSSR count). The highest BCUT2D eigenvalue weighted by molar-refractivity contribution is 5.86. The molecule has 6 aliphatic rings. The van der Waals surface area contributed by atoms with Crippen LogP contribution in [0.2, 0.25) is 0 Å². The quantitative estimate of drug-likeness (QED) is 0.175. The Morgan fingerprint density at radius 3 is 1.71 bits per heavy atom. The Hall–Kier alpha value is -5.08. The molecule has 1 heterocycles. The summed E-state index contributed by atoms with van der Waals surface area (Å²) in [5.74, 6) is 5.09. The Labute approximate surface area is 333 Å². The minimum Gasteiger partial charge on any atom is -0.457 e. The fraction of sp³-hybridized carbons (Fsp3) is 0.333. The number of fused-ring (bicyclic) bond motifs is 3. The van der Waals surface area contributed by atoms with Crippen molar-refractivity contribution in [2.75, 3.05) is 4.90 Å². The van der Waals surface area contributed by atoms with Gasteiger partial charge in [-0.15, -0.1) is 0 Å². The first kappa shape index (κ1) is 34.2. The first-order valence-corrected chi connectivity index (χ1v) is 21.3. The Bertz CT molecular complexity index is 2430. The second kappa shape index (κ2) is 12.5. The van der Waals surface area contributed by atoms with Crippen LogP contribution in [0, 0.1) is 23.7 Å². The molecule has 0 atom stereocenters. The van der Waals surface area contributed by atoms with Crippen LogP contribution in [0.25, 0.3) is 22.3 Å². The monoisotopic (exact) mass is 731 g/mol. The highest BCUT2D eigenvalue weighted by Gasteiger charge is 2.62. The highest BCUT2D eigenvalue weighted by Crippen LogP contribution is 2.70. The summed E-state index contributed by atoms with van der Waals surface area (Å²) in [6.07, 6.45) is 9.14. The zero-order chi connectivity index (χ0) is 37.8. The van der Waals surface area contributed by atoms with Gasteiger partial charge in [0.25, 0.3) is 0 Å². The maximum absolute atomic E-state index is 7.23. The molecule has 280 valence electrons. The minimum atomic E-state index is -0.0507. The van der Waals surface area contributed by atoms with E-state index in [2.05, 4.69) is 172 Å². The summed E-state index contributed by atoms with van der Waals surface area (Å²) < 4.78 is 7.23. The summed E-state index contributed by atoms with van der Waals surface area (Å²) in [4.78, 5) is 2.51. The summed E-state index contributed by atoms with van der Waals surface area (Å²) in [5, 5.41) is 0. The van der Waals surface area contributed by atoms with E-state index in [1.807, 2.05) is 0 Å². The van der Waals surface area contributed by atoms with E-state index in [1.54, 1.807) is 0 Å². The second-order valence-corrected chi connectivity index (χ2v) is 19.3. The first-order chi connectivity index (χ1) is 27.2. The molecule has 1 spiro atoms. The molecule has 4 saturated carbocycles. The van der Waals surface area contributed by atoms with Crippen molar-refractivity contribution in [2.45, 2.75) is 88.9 Å². The van der Waals surface area contributed by atoms with Gasteiger partial charge in [0.2, 0.25) is 0 Å².